The lowest BCUT2D eigenvalue weighted by atomic mass is 9.80. The highest BCUT2D eigenvalue weighted by molar-refractivity contribution is 5.70. The predicted molar refractivity (Wildman–Crippen MR) is 149 cm³/mol. The minimum Gasteiger partial charge on any atom is -0.438 e. The van der Waals surface area contributed by atoms with Crippen LogP contribution < -0.4 is 0 Å². The maximum atomic E-state index is 13.3. The van der Waals surface area contributed by atoms with Gasteiger partial charge in [-0.25, -0.2) is 19.7 Å². The average Bonchev–Trinajstić information content (AvgIpc) is 3.26. The molecule has 2 aromatic carbocycles. The van der Waals surface area contributed by atoms with E-state index in [-0.39, 0.29) is 12.1 Å². The van der Waals surface area contributed by atoms with Crippen LogP contribution in [0.5, 0.6) is 0 Å². The molecular formula is C31H35N5O3. The minimum atomic E-state index is -0.988. The van der Waals surface area contributed by atoms with Crippen LogP contribution in [0.3, 0.4) is 0 Å². The molecule has 0 radical (unpaired) electrons. The summed E-state index contributed by atoms with van der Waals surface area (Å²) in [5.74, 6) is 1.43. The van der Waals surface area contributed by atoms with Crippen molar-refractivity contribution in [3.8, 4) is 17.1 Å². The third kappa shape index (κ3) is 5.56. The number of hydrogen-bond donors (Lipinski definition) is 1. The standard InChI is InChI=1S/C31H35N5O3/c1-21-19-36(23(3)34-21)28-32-17-26(18-33-28)25-13-11-24(12-14-25)22(2)35-16-15-31(39-29(35)37,20-30(4,5)38)27-9-7-6-8-10-27/h6-14,17-19,22,38H,15-16,20H2,1-5H3/t22-,31?/m0/s1. The summed E-state index contributed by atoms with van der Waals surface area (Å²) >= 11 is 0. The van der Waals surface area contributed by atoms with Crippen molar-refractivity contribution in [3.05, 3.63) is 95.8 Å². The summed E-state index contributed by atoms with van der Waals surface area (Å²) in [6.07, 6.45) is 6.08. The molecule has 2 aromatic heterocycles. The van der Waals surface area contributed by atoms with E-state index in [1.54, 1.807) is 18.7 Å². The zero-order chi connectivity index (χ0) is 27.8. The summed E-state index contributed by atoms with van der Waals surface area (Å²) in [6, 6.07) is 17.7. The van der Waals surface area contributed by atoms with E-state index >= 15 is 0 Å². The molecule has 0 spiro atoms. The molecule has 4 aromatic rings. The van der Waals surface area contributed by atoms with Gasteiger partial charge in [0.15, 0.2) is 0 Å². The van der Waals surface area contributed by atoms with Gasteiger partial charge in [0.25, 0.3) is 0 Å². The van der Waals surface area contributed by atoms with E-state index in [1.807, 2.05) is 98.5 Å². The van der Waals surface area contributed by atoms with Gasteiger partial charge in [0.05, 0.1) is 17.3 Å². The zero-order valence-electron chi connectivity index (χ0n) is 23.1. The maximum Gasteiger partial charge on any atom is 0.411 e. The first-order valence-corrected chi connectivity index (χ1v) is 13.3. The molecule has 39 heavy (non-hydrogen) atoms. The minimum absolute atomic E-state index is 0.173. The molecule has 1 aliphatic heterocycles. The molecule has 1 unspecified atom stereocenters. The smallest absolute Gasteiger partial charge is 0.411 e. The monoisotopic (exact) mass is 525 g/mol. The molecule has 8 heteroatoms. The first kappa shape index (κ1) is 26.6. The zero-order valence-corrected chi connectivity index (χ0v) is 23.1. The molecule has 1 N–H and O–H groups in total. The van der Waals surface area contributed by atoms with Crippen LogP contribution in [0.2, 0.25) is 0 Å². The molecule has 2 atom stereocenters. The van der Waals surface area contributed by atoms with Crippen LogP contribution in [0.25, 0.3) is 17.1 Å². The SMILES string of the molecule is Cc1cn(-c2ncc(-c3ccc([C@H](C)N4CCC(CC(C)(C)O)(c5ccccc5)OC4=O)cc3)cn2)c(C)n1. The highest BCUT2D eigenvalue weighted by Crippen LogP contribution is 2.42. The number of hydrogen-bond acceptors (Lipinski definition) is 6. The van der Waals surface area contributed by atoms with E-state index in [0.29, 0.717) is 25.3 Å². The highest BCUT2D eigenvalue weighted by atomic mass is 16.6. The number of carbonyl (C=O) groups excluding carboxylic acids is 1. The summed E-state index contributed by atoms with van der Waals surface area (Å²) in [5, 5.41) is 10.6. The first-order chi connectivity index (χ1) is 18.5. The Kier molecular flexibility index (Phi) is 6.99. The van der Waals surface area contributed by atoms with E-state index in [9.17, 15) is 9.90 Å². The van der Waals surface area contributed by atoms with Crippen molar-refractivity contribution in [2.45, 2.75) is 64.7 Å². The van der Waals surface area contributed by atoms with Gasteiger partial charge < -0.3 is 14.7 Å². The normalized spacial score (nSPS) is 18.6. The lowest BCUT2D eigenvalue weighted by molar-refractivity contribution is -0.101. The average molecular weight is 526 g/mol. The topological polar surface area (TPSA) is 93.4 Å². The third-order valence-electron chi connectivity index (χ3n) is 7.34. The number of aliphatic hydroxyl groups is 1. The van der Waals surface area contributed by atoms with Gasteiger partial charge in [0, 0.05) is 43.5 Å². The quantitative estimate of drug-likeness (QED) is 0.323. The number of nitrogens with zero attached hydrogens (tertiary/aromatic N) is 5. The van der Waals surface area contributed by atoms with Gasteiger partial charge in [0.2, 0.25) is 5.95 Å². The van der Waals surface area contributed by atoms with Crippen molar-refractivity contribution in [2.24, 2.45) is 0 Å². The summed E-state index contributed by atoms with van der Waals surface area (Å²) in [5.41, 5.74) is 2.88. The molecule has 0 saturated carbocycles. The molecule has 8 nitrogen and oxygen atoms in total. The van der Waals surface area contributed by atoms with Crippen LogP contribution in [0, 0.1) is 13.8 Å². The third-order valence-corrected chi connectivity index (χ3v) is 7.34. The lowest BCUT2D eigenvalue weighted by Crippen LogP contribution is -2.51. The number of carbonyl (C=O) groups is 1. The molecule has 1 saturated heterocycles. The Hall–Kier alpha value is -4.04. The summed E-state index contributed by atoms with van der Waals surface area (Å²) in [4.78, 5) is 28.6. The van der Waals surface area contributed by atoms with Gasteiger partial charge in [-0.15, -0.1) is 0 Å². The highest BCUT2D eigenvalue weighted by Gasteiger charge is 2.46. The fourth-order valence-electron chi connectivity index (χ4n) is 5.44. The number of rotatable bonds is 7. The van der Waals surface area contributed by atoms with Crippen LogP contribution in [0.4, 0.5) is 4.79 Å². The van der Waals surface area contributed by atoms with Gasteiger partial charge in [-0.2, -0.15) is 0 Å². The van der Waals surface area contributed by atoms with Crippen molar-refractivity contribution in [2.75, 3.05) is 6.54 Å². The Bertz CT molecular complexity index is 1440. The Labute approximate surface area is 229 Å². The molecule has 1 aliphatic rings. The van der Waals surface area contributed by atoms with Crippen molar-refractivity contribution >= 4 is 6.09 Å². The van der Waals surface area contributed by atoms with Gasteiger partial charge in [-0.05, 0) is 51.3 Å². The molecule has 1 amide bonds. The number of cyclic esters (lactones) is 1. The van der Waals surface area contributed by atoms with E-state index < -0.39 is 11.2 Å². The fraction of sp³-hybridized carbons (Fsp3) is 0.355. The Morgan fingerprint density at radius 1 is 1.03 bits per heavy atom. The van der Waals surface area contributed by atoms with Crippen LogP contribution >= 0.6 is 0 Å². The second-order valence-electron chi connectivity index (χ2n) is 11.0. The lowest BCUT2D eigenvalue weighted by Gasteiger charge is -2.45. The molecule has 1 fully saturated rings. The largest absolute Gasteiger partial charge is 0.438 e. The van der Waals surface area contributed by atoms with Crippen LogP contribution in [-0.4, -0.2) is 47.8 Å². The number of benzene rings is 2. The van der Waals surface area contributed by atoms with Crippen LogP contribution in [0.15, 0.2) is 73.2 Å². The summed E-state index contributed by atoms with van der Waals surface area (Å²) in [7, 11) is 0. The van der Waals surface area contributed by atoms with Gasteiger partial charge >= 0.3 is 6.09 Å². The number of aromatic nitrogens is 4. The number of amides is 1. The molecule has 202 valence electrons. The second-order valence-corrected chi connectivity index (χ2v) is 11.0. The van der Waals surface area contributed by atoms with Crippen molar-refractivity contribution in [1.82, 2.24) is 24.4 Å². The Morgan fingerprint density at radius 3 is 2.26 bits per heavy atom. The van der Waals surface area contributed by atoms with Gasteiger partial charge in [-0.3, -0.25) is 4.57 Å². The molecule has 0 bridgehead atoms. The number of aryl methyl sites for hydroxylation is 2. The summed E-state index contributed by atoms with van der Waals surface area (Å²) in [6.45, 7) is 9.90. The van der Waals surface area contributed by atoms with E-state index in [1.165, 1.54) is 0 Å². The summed E-state index contributed by atoms with van der Waals surface area (Å²) < 4.78 is 8.02. The van der Waals surface area contributed by atoms with Crippen LogP contribution in [-0.2, 0) is 10.3 Å². The van der Waals surface area contributed by atoms with E-state index in [0.717, 1.165) is 33.8 Å². The fourth-order valence-corrected chi connectivity index (χ4v) is 5.44. The Morgan fingerprint density at radius 2 is 1.69 bits per heavy atom. The van der Waals surface area contributed by atoms with Gasteiger partial charge in [-0.1, -0.05) is 54.6 Å². The molecule has 5 rings (SSSR count). The van der Waals surface area contributed by atoms with E-state index in [4.69, 9.17) is 4.74 Å². The number of imidazole rings is 1. The van der Waals surface area contributed by atoms with Crippen molar-refractivity contribution < 1.29 is 14.6 Å². The second kappa shape index (κ2) is 10.3. The first-order valence-electron chi connectivity index (χ1n) is 13.3. The van der Waals surface area contributed by atoms with Gasteiger partial charge in [0.1, 0.15) is 11.4 Å². The Balaban J connectivity index is 1.31. The number of ether oxygens (including phenoxy) is 1. The van der Waals surface area contributed by atoms with Crippen molar-refractivity contribution in [1.29, 1.82) is 0 Å². The molecule has 0 aliphatic carbocycles. The molecule has 3 heterocycles. The molecular weight excluding hydrogens is 490 g/mol. The maximum absolute atomic E-state index is 13.3. The predicted octanol–water partition coefficient (Wildman–Crippen LogP) is 5.91. The van der Waals surface area contributed by atoms with Crippen LogP contribution in [0.1, 0.15) is 62.3 Å². The van der Waals surface area contributed by atoms with E-state index in [2.05, 4.69) is 15.0 Å². The van der Waals surface area contributed by atoms with Crippen molar-refractivity contribution in [3.63, 3.8) is 0 Å².